The van der Waals surface area contributed by atoms with Crippen LogP contribution < -0.4 is 9.47 Å². The average molecular weight is 591 g/mol. The van der Waals surface area contributed by atoms with Crippen molar-refractivity contribution in [1.82, 2.24) is 9.88 Å². The molecule has 2 aliphatic heterocycles. The molecule has 2 N–H and O–H groups in total. The van der Waals surface area contributed by atoms with Crippen LogP contribution in [-0.4, -0.2) is 44.3 Å². The summed E-state index contributed by atoms with van der Waals surface area (Å²) in [7, 11) is 1.53. The number of aromatic nitrogens is 1. The molecule has 0 saturated carbocycles. The molecule has 3 atom stereocenters. The lowest BCUT2D eigenvalue weighted by atomic mass is 9.79. The van der Waals surface area contributed by atoms with Crippen molar-refractivity contribution in [3.63, 3.8) is 0 Å². The maximum Gasteiger partial charge on any atom is 0.309 e. The Morgan fingerprint density at radius 2 is 1.84 bits per heavy atom. The van der Waals surface area contributed by atoms with Gasteiger partial charge in [0.15, 0.2) is 0 Å². The van der Waals surface area contributed by atoms with Crippen LogP contribution in [0.4, 0.5) is 4.39 Å². The Balaban J connectivity index is 1.53. The molecule has 0 radical (unpaired) electrons. The Morgan fingerprint density at radius 1 is 1.12 bits per heavy atom. The maximum absolute atomic E-state index is 15.3. The van der Waals surface area contributed by atoms with Crippen LogP contribution in [0.3, 0.4) is 0 Å². The van der Waals surface area contributed by atoms with E-state index in [4.69, 9.17) is 9.47 Å². The monoisotopic (exact) mass is 590 g/mol. The molecule has 0 bridgehead atoms. The minimum atomic E-state index is -1.14. The number of ether oxygens (including phenoxy) is 2. The van der Waals surface area contributed by atoms with Crippen molar-refractivity contribution in [3.8, 4) is 22.8 Å². The Kier molecular flexibility index (Phi) is 8.56. The van der Waals surface area contributed by atoms with Crippen molar-refractivity contribution in [3.05, 3.63) is 76.7 Å². The molecule has 1 saturated heterocycles. The van der Waals surface area contributed by atoms with Gasteiger partial charge in [-0.3, -0.25) is 9.69 Å². The molecule has 1 unspecified atom stereocenters. The van der Waals surface area contributed by atoms with Gasteiger partial charge in [0, 0.05) is 29.3 Å². The molecule has 1 aromatic heterocycles. The number of likely N-dealkylation sites (tertiary alicyclic amines) is 1. The van der Waals surface area contributed by atoms with E-state index in [1.807, 2.05) is 18.2 Å². The Bertz CT molecular complexity index is 1490. The first kappa shape index (κ1) is 31.0. The number of hydrogen-bond acceptors (Lipinski definition) is 6. The number of rotatable bonds is 8. The van der Waals surface area contributed by atoms with Crippen molar-refractivity contribution in [2.24, 2.45) is 5.92 Å². The normalized spacial score (nSPS) is 20.9. The zero-order chi connectivity index (χ0) is 31.1. The number of carboxylic acids is 1. The molecule has 1 fully saturated rings. The molecule has 5 rings (SSSR count). The molecule has 7 nitrogen and oxygen atoms in total. The van der Waals surface area contributed by atoms with E-state index in [0.717, 1.165) is 54.4 Å². The van der Waals surface area contributed by atoms with E-state index in [0.29, 0.717) is 29.3 Å². The average Bonchev–Trinajstić information content (AvgIpc) is 2.97. The van der Waals surface area contributed by atoms with E-state index in [2.05, 4.69) is 43.6 Å². The lowest BCUT2D eigenvalue weighted by molar-refractivity contribution is -0.145. The highest BCUT2D eigenvalue weighted by atomic mass is 19.1. The minimum Gasteiger partial charge on any atom is -0.485 e. The number of aliphatic hydroxyl groups excluding tert-OH is 1. The number of aryl methyl sites for hydroxylation is 1. The second-order valence-electron chi connectivity index (χ2n) is 13.3. The van der Waals surface area contributed by atoms with Gasteiger partial charge in [-0.15, -0.1) is 0 Å². The van der Waals surface area contributed by atoms with Gasteiger partial charge in [-0.05, 0) is 101 Å². The van der Waals surface area contributed by atoms with Crippen LogP contribution in [0.25, 0.3) is 11.1 Å². The number of hydrogen-bond donors (Lipinski definition) is 2. The van der Waals surface area contributed by atoms with Crippen LogP contribution in [-0.2, 0) is 17.8 Å². The van der Waals surface area contributed by atoms with E-state index < -0.39 is 23.8 Å². The van der Waals surface area contributed by atoms with Crippen molar-refractivity contribution in [1.29, 1.82) is 0 Å². The third-order valence-corrected chi connectivity index (χ3v) is 9.44. The van der Waals surface area contributed by atoms with Crippen LogP contribution in [0.1, 0.15) is 94.8 Å². The quantitative estimate of drug-likeness (QED) is 0.285. The number of carboxylic acid groups (broad SMARTS) is 1. The van der Waals surface area contributed by atoms with Crippen molar-refractivity contribution >= 4 is 5.97 Å². The molecule has 3 aromatic rings. The van der Waals surface area contributed by atoms with E-state index in [1.165, 1.54) is 20.2 Å². The van der Waals surface area contributed by atoms with Crippen molar-refractivity contribution in [2.75, 3.05) is 7.11 Å². The van der Waals surface area contributed by atoms with Crippen molar-refractivity contribution in [2.45, 2.75) is 96.6 Å². The molecule has 230 valence electrons. The number of aliphatic carboxylic acids is 1. The smallest absolute Gasteiger partial charge is 0.309 e. The van der Waals surface area contributed by atoms with Crippen LogP contribution in [0.15, 0.2) is 48.7 Å². The highest BCUT2D eigenvalue weighted by Gasteiger charge is 2.41. The molecular formula is C35H43FN2O5. The predicted octanol–water partition coefficient (Wildman–Crippen LogP) is 7.26. The number of benzene rings is 2. The van der Waals surface area contributed by atoms with Crippen LogP contribution in [0, 0.1) is 11.7 Å². The molecule has 0 aliphatic carbocycles. The van der Waals surface area contributed by atoms with Gasteiger partial charge in [-0.2, -0.15) is 0 Å². The van der Waals surface area contributed by atoms with Gasteiger partial charge >= 0.3 is 5.97 Å². The standard InChI is InChI=1S/C35H43FN2O5/c1-21(33(40)41)32(39)24-9-8-22-11-13-29(43-30(22)17-24)23-10-12-26(27-18-31(42-6)37-19-28(27)36)25(16-23)20-38-34(2,3)14-7-15-35(38,4)5/h8-10,12,16-19,21,29,32,39H,7,11,13-15,20H2,1-6H3,(H,40,41)/t21-,29?,32+/m0/s1. The first-order valence-electron chi connectivity index (χ1n) is 15.1. The zero-order valence-electron chi connectivity index (χ0n) is 26.0. The fourth-order valence-electron chi connectivity index (χ4n) is 6.81. The largest absolute Gasteiger partial charge is 0.485 e. The molecule has 2 aromatic carbocycles. The molecule has 43 heavy (non-hydrogen) atoms. The third-order valence-electron chi connectivity index (χ3n) is 9.44. The van der Waals surface area contributed by atoms with Crippen molar-refractivity contribution < 1.29 is 28.9 Å². The topological polar surface area (TPSA) is 92.1 Å². The van der Waals surface area contributed by atoms with E-state index in [1.54, 1.807) is 18.2 Å². The Morgan fingerprint density at radius 3 is 2.51 bits per heavy atom. The fraction of sp³-hybridized carbons (Fsp3) is 0.486. The van der Waals surface area contributed by atoms with Gasteiger partial charge < -0.3 is 19.7 Å². The predicted molar refractivity (Wildman–Crippen MR) is 164 cm³/mol. The lowest BCUT2D eigenvalue weighted by Gasteiger charge is -2.53. The number of aliphatic hydroxyl groups is 1. The molecule has 0 spiro atoms. The number of pyridine rings is 1. The van der Waals surface area contributed by atoms with Crippen LogP contribution in [0.5, 0.6) is 11.6 Å². The van der Waals surface area contributed by atoms with Gasteiger partial charge in [-0.25, -0.2) is 9.37 Å². The number of halogens is 1. The van der Waals surface area contributed by atoms with Gasteiger partial charge in [0.05, 0.1) is 25.3 Å². The second kappa shape index (κ2) is 11.9. The van der Waals surface area contributed by atoms with E-state index in [-0.39, 0.29) is 17.2 Å². The molecule has 8 heteroatoms. The van der Waals surface area contributed by atoms with Gasteiger partial charge in [0.2, 0.25) is 5.88 Å². The Labute approximate surface area is 253 Å². The molecule has 0 amide bonds. The van der Waals surface area contributed by atoms with E-state index in [9.17, 15) is 15.0 Å². The first-order valence-corrected chi connectivity index (χ1v) is 15.1. The van der Waals surface area contributed by atoms with E-state index >= 15 is 4.39 Å². The number of piperidine rings is 1. The van der Waals surface area contributed by atoms with Crippen LogP contribution in [0.2, 0.25) is 0 Å². The van der Waals surface area contributed by atoms with Gasteiger partial charge in [0.25, 0.3) is 0 Å². The van der Waals surface area contributed by atoms with Gasteiger partial charge in [0.1, 0.15) is 17.7 Å². The molecule has 2 aliphatic rings. The number of carbonyl (C=O) groups is 1. The SMILES string of the molecule is COc1cc(-c2ccc(C3CCc4ccc([C@H](O)[C@H](C)C(=O)O)cc4O3)cc2CN2C(C)(C)CCCC2(C)C)c(F)cn1. The van der Waals surface area contributed by atoms with Crippen LogP contribution >= 0.6 is 0 Å². The summed E-state index contributed by atoms with van der Waals surface area (Å²) in [5.41, 5.74) is 4.70. The number of fused-ring (bicyclic) bond motifs is 1. The molecular weight excluding hydrogens is 547 g/mol. The summed E-state index contributed by atoms with van der Waals surface area (Å²) < 4.78 is 27.1. The summed E-state index contributed by atoms with van der Waals surface area (Å²) in [6.07, 6.45) is 4.70. The first-order chi connectivity index (χ1) is 20.3. The number of methoxy groups -OCH3 is 1. The summed E-state index contributed by atoms with van der Waals surface area (Å²) in [5, 5.41) is 20.0. The lowest BCUT2D eigenvalue weighted by Crippen LogP contribution is -2.57. The zero-order valence-corrected chi connectivity index (χ0v) is 26.0. The molecule has 3 heterocycles. The maximum atomic E-state index is 15.3. The summed E-state index contributed by atoms with van der Waals surface area (Å²) in [6.45, 7) is 11.3. The minimum absolute atomic E-state index is 0.0336. The fourth-order valence-corrected chi connectivity index (χ4v) is 6.81. The highest BCUT2D eigenvalue weighted by molar-refractivity contribution is 5.71. The summed E-state index contributed by atoms with van der Waals surface area (Å²) >= 11 is 0. The summed E-state index contributed by atoms with van der Waals surface area (Å²) in [5.74, 6) is -1.40. The third kappa shape index (κ3) is 6.27. The van der Waals surface area contributed by atoms with Gasteiger partial charge in [-0.1, -0.05) is 30.3 Å². The Hall–Kier alpha value is -3.49. The number of nitrogens with zero attached hydrogens (tertiary/aromatic N) is 2. The highest BCUT2D eigenvalue weighted by Crippen LogP contribution is 2.43. The summed E-state index contributed by atoms with van der Waals surface area (Å²) in [4.78, 5) is 18.0. The summed E-state index contributed by atoms with van der Waals surface area (Å²) in [6, 6.07) is 13.2. The second-order valence-corrected chi connectivity index (χ2v) is 13.3.